The molecule has 2 atom stereocenters. The smallest absolute Gasteiger partial charge is 0.0366 e. The second-order valence-corrected chi connectivity index (χ2v) is 5.73. The average Bonchev–Trinajstić information content (AvgIpc) is 2.85. The molecule has 2 heteroatoms. The Morgan fingerprint density at radius 3 is 2.53 bits per heavy atom. The van der Waals surface area contributed by atoms with Gasteiger partial charge in [0.15, 0.2) is 0 Å². The van der Waals surface area contributed by atoms with Gasteiger partial charge >= 0.3 is 0 Å². The van der Waals surface area contributed by atoms with Gasteiger partial charge in [-0.2, -0.15) is 0 Å². The minimum atomic E-state index is 0.726. The normalized spacial score (nSPS) is 22.7. The zero-order valence-electron chi connectivity index (χ0n) is 12.7. The SMILES string of the molecule is CCNC1CCCC1CN(CC)c1ccc(C)cc1. The molecule has 2 nitrogen and oxygen atoms in total. The summed E-state index contributed by atoms with van der Waals surface area (Å²) in [6, 6.07) is 9.68. The van der Waals surface area contributed by atoms with E-state index in [0.717, 1.165) is 25.0 Å². The molecule has 1 aromatic rings. The van der Waals surface area contributed by atoms with E-state index in [1.165, 1.54) is 37.1 Å². The molecule has 1 aliphatic rings. The van der Waals surface area contributed by atoms with Crippen LogP contribution in [0.15, 0.2) is 24.3 Å². The molecular formula is C17H28N2. The molecule has 0 saturated heterocycles. The van der Waals surface area contributed by atoms with Crippen molar-refractivity contribution in [2.45, 2.75) is 46.1 Å². The second kappa shape index (κ2) is 6.95. The molecule has 1 N–H and O–H groups in total. The molecule has 2 unspecified atom stereocenters. The van der Waals surface area contributed by atoms with Gasteiger partial charge in [0.1, 0.15) is 0 Å². The van der Waals surface area contributed by atoms with Crippen LogP contribution in [0.25, 0.3) is 0 Å². The van der Waals surface area contributed by atoms with Gasteiger partial charge in [-0.05, 0) is 51.3 Å². The molecule has 19 heavy (non-hydrogen) atoms. The number of aryl methyl sites for hydroxylation is 1. The lowest BCUT2D eigenvalue weighted by Gasteiger charge is -2.30. The van der Waals surface area contributed by atoms with E-state index in [0.29, 0.717) is 0 Å². The van der Waals surface area contributed by atoms with E-state index in [1.54, 1.807) is 0 Å². The Kier molecular flexibility index (Phi) is 5.26. The van der Waals surface area contributed by atoms with Crippen LogP contribution < -0.4 is 10.2 Å². The lowest BCUT2D eigenvalue weighted by molar-refractivity contribution is 0.407. The van der Waals surface area contributed by atoms with Crippen LogP contribution in [0.5, 0.6) is 0 Å². The van der Waals surface area contributed by atoms with Crippen LogP contribution in [0.1, 0.15) is 38.7 Å². The summed E-state index contributed by atoms with van der Waals surface area (Å²) in [7, 11) is 0. The molecule has 106 valence electrons. The van der Waals surface area contributed by atoms with E-state index < -0.39 is 0 Å². The number of benzene rings is 1. The Hall–Kier alpha value is -1.02. The molecule has 0 aromatic heterocycles. The maximum atomic E-state index is 3.66. The Labute approximate surface area is 118 Å². The Morgan fingerprint density at radius 2 is 1.89 bits per heavy atom. The van der Waals surface area contributed by atoms with Gasteiger partial charge in [0.2, 0.25) is 0 Å². The molecule has 0 bridgehead atoms. The van der Waals surface area contributed by atoms with Gasteiger partial charge in [0, 0.05) is 24.8 Å². The summed E-state index contributed by atoms with van der Waals surface area (Å²) in [6.45, 7) is 10.0. The van der Waals surface area contributed by atoms with Crippen molar-refractivity contribution in [3.63, 3.8) is 0 Å². The first kappa shape index (κ1) is 14.4. The summed E-state index contributed by atoms with van der Waals surface area (Å²) in [5, 5.41) is 3.66. The zero-order chi connectivity index (χ0) is 13.7. The van der Waals surface area contributed by atoms with Crippen molar-refractivity contribution in [2.75, 3.05) is 24.5 Å². The van der Waals surface area contributed by atoms with Gasteiger partial charge in [0.25, 0.3) is 0 Å². The number of nitrogens with one attached hydrogen (secondary N) is 1. The Bertz CT molecular complexity index is 371. The summed E-state index contributed by atoms with van der Waals surface area (Å²) in [5.74, 6) is 0.807. The van der Waals surface area contributed by atoms with Gasteiger partial charge in [-0.25, -0.2) is 0 Å². The van der Waals surface area contributed by atoms with Crippen LogP contribution in [0.2, 0.25) is 0 Å². The lowest BCUT2D eigenvalue weighted by atomic mass is 10.0. The van der Waals surface area contributed by atoms with E-state index in [9.17, 15) is 0 Å². The second-order valence-electron chi connectivity index (χ2n) is 5.73. The number of nitrogens with zero attached hydrogens (tertiary/aromatic N) is 1. The molecule has 1 fully saturated rings. The highest BCUT2D eigenvalue weighted by Gasteiger charge is 2.27. The van der Waals surface area contributed by atoms with E-state index in [4.69, 9.17) is 0 Å². The maximum Gasteiger partial charge on any atom is 0.0366 e. The van der Waals surface area contributed by atoms with Crippen molar-refractivity contribution < 1.29 is 0 Å². The third-order valence-corrected chi connectivity index (χ3v) is 4.36. The fourth-order valence-electron chi connectivity index (χ4n) is 3.24. The third kappa shape index (κ3) is 3.73. The summed E-state index contributed by atoms with van der Waals surface area (Å²) >= 11 is 0. The first-order valence-corrected chi connectivity index (χ1v) is 7.79. The van der Waals surface area contributed by atoms with Gasteiger partial charge in [0.05, 0.1) is 0 Å². The highest BCUT2D eigenvalue weighted by Crippen LogP contribution is 2.28. The van der Waals surface area contributed by atoms with Crippen molar-refractivity contribution in [1.29, 1.82) is 0 Å². The minimum Gasteiger partial charge on any atom is -0.371 e. The number of hydrogen-bond acceptors (Lipinski definition) is 2. The summed E-state index contributed by atoms with van der Waals surface area (Å²) < 4.78 is 0. The predicted octanol–water partition coefficient (Wildman–Crippen LogP) is 3.60. The molecule has 0 aliphatic heterocycles. The number of hydrogen-bond donors (Lipinski definition) is 1. The third-order valence-electron chi connectivity index (χ3n) is 4.36. The van der Waals surface area contributed by atoms with Crippen LogP contribution in [-0.2, 0) is 0 Å². The minimum absolute atomic E-state index is 0.726. The van der Waals surface area contributed by atoms with Crippen LogP contribution in [0.3, 0.4) is 0 Å². The topological polar surface area (TPSA) is 15.3 Å². The molecule has 0 radical (unpaired) electrons. The molecule has 0 heterocycles. The lowest BCUT2D eigenvalue weighted by Crippen LogP contribution is -2.39. The summed E-state index contributed by atoms with van der Waals surface area (Å²) in [6.07, 6.45) is 4.11. The molecule has 0 amide bonds. The predicted molar refractivity (Wildman–Crippen MR) is 83.9 cm³/mol. The quantitative estimate of drug-likeness (QED) is 0.840. The Morgan fingerprint density at radius 1 is 1.16 bits per heavy atom. The van der Waals surface area contributed by atoms with Crippen molar-refractivity contribution >= 4 is 5.69 Å². The molecular weight excluding hydrogens is 232 g/mol. The van der Waals surface area contributed by atoms with Crippen LogP contribution in [0, 0.1) is 12.8 Å². The highest BCUT2D eigenvalue weighted by atomic mass is 15.1. The van der Waals surface area contributed by atoms with Crippen LogP contribution in [0.4, 0.5) is 5.69 Å². The van der Waals surface area contributed by atoms with Crippen molar-refractivity contribution in [1.82, 2.24) is 5.32 Å². The zero-order valence-corrected chi connectivity index (χ0v) is 12.7. The van der Waals surface area contributed by atoms with Crippen molar-refractivity contribution in [3.8, 4) is 0 Å². The fraction of sp³-hybridized carbons (Fsp3) is 0.647. The molecule has 0 spiro atoms. The Balaban J connectivity index is 2.00. The first-order valence-electron chi connectivity index (χ1n) is 7.79. The highest BCUT2D eigenvalue weighted by molar-refractivity contribution is 5.47. The molecule has 1 aliphatic carbocycles. The van der Waals surface area contributed by atoms with Gasteiger partial charge in [-0.15, -0.1) is 0 Å². The van der Waals surface area contributed by atoms with E-state index in [2.05, 4.69) is 55.3 Å². The van der Waals surface area contributed by atoms with Crippen molar-refractivity contribution in [3.05, 3.63) is 29.8 Å². The average molecular weight is 260 g/mol. The van der Waals surface area contributed by atoms with E-state index >= 15 is 0 Å². The van der Waals surface area contributed by atoms with Crippen molar-refractivity contribution in [2.24, 2.45) is 5.92 Å². The summed E-state index contributed by atoms with van der Waals surface area (Å²) in [5.41, 5.74) is 2.71. The standard InChI is InChI=1S/C17H28N2/c1-4-18-17-8-6-7-15(17)13-19(5-2)16-11-9-14(3)10-12-16/h9-12,15,17-18H,4-8,13H2,1-3H3. The van der Waals surface area contributed by atoms with Gasteiger partial charge < -0.3 is 10.2 Å². The van der Waals surface area contributed by atoms with Gasteiger partial charge in [-0.1, -0.05) is 31.0 Å². The maximum absolute atomic E-state index is 3.66. The number of anilines is 1. The van der Waals surface area contributed by atoms with Crippen LogP contribution in [-0.4, -0.2) is 25.7 Å². The summed E-state index contributed by atoms with van der Waals surface area (Å²) in [4.78, 5) is 2.53. The first-order chi connectivity index (χ1) is 9.24. The number of rotatable bonds is 6. The van der Waals surface area contributed by atoms with Gasteiger partial charge in [-0.3, -0.25) is 0 Å². The van der Waals surface area contributed by atoms with E-state index in [1.807, 2.05) is 0 Å². The van der Waals surface area contributed by atoms with E-state index in [-0.39, 0.29) is 0 Å². The van der Waals surface area contributed by atoms with Crippen LogP contribution >= 0.6 is 0 Å². The monoisotopic (exact) mass is 260 g/mol. The molecule has 1 saturated carbocycles. The molecule has 1 aromatic carbocycles. The largest absolute Gasteiger partial charge is 0.371 e. The fourth-order valence-corrected chi connectivity index (χ4v) is 3.24. The molecule has 2 rings (SSSR count).